The molecule has 1 aromatic rings. The number of hydrogen-bond donors (Lipinski definition) is 3. The third-order valence-electron chi connectivity index (χ3n) is 5.02. The molecule has 1 amide bonds. The molecule has 2 heterocycles. The van der Waals surface area contributed by atoms with Crippen LogP contribution in [0.1, 0.15) is 25.7 Å². The fourth-order valence-electron chi connectivity index (χ4n) is 3.33. The lowest BCUT2D eigenvalue weighted by atomic mass is 9.98. The van der Waals surface area contributed by atoms with Gasteiger partial charge in [-0.05, 0) is 13.8 Å². The Kier molecular flexibility index (Phi) is 6.46. The van der Waals surface area contributed by atoms with Crippen molar-refractivity contribution in [3.05, 3.63) is 35.9 Å². The van der Waals surface area contributed by atoms with Crippen LogP contribution in [0.2, 0.25) is 0 Å². The summed E-state index contributed by atoms with van der Waals surface area (Å²) in [6.07, 6.45) is -7.30. The topological polar surface area (TPSA) is 112 Å². The molecule has 150 valence electrons. The second kappa shape index (κ2) is 8.64. The van der Waals surface area contributed by atoms with Crippen LogP contribution in [-0.4, -0.2) is 82.4 Å². The molecule has 8 heteroatoms. The first-order valence-corrected chi connectivity index (χ1v) is 9.28. The van der Waals surface area contributed by atoms with Gasteiger partial charge in [-0.15, -0.1) is 0 Å². The van der Waals surface area contributed by atoms with Gasteiger partial charge in [0.15, 0.2) is 12.4 Å². The van der Waals surface area contributed by atoms with E-state index in [0.29, 0.717) is 13.1 Å². The molecule has 0 unspecified atom stereocenters. The minimum absolute atomic E-state index is 0.0403. The van der Waals surface area contributed by atoms with E-state index in [0.717, 1.165) is 5.56 Å². The number of hydrogen-bond acceptors (Lipinski definition) is 7. The van der Waals surface area contributed by atoms with Crippen molar-refractivity contribution in [1.82, 2.24) is 4.90 Å². The molecule has 3 N–H and O–H groups in total. The Morgan fingerprint density at radius 1 is 1.11 bits per heavy atom. The average Bonchev–Trinajstić information content (AvgIpc) is 3.49. The molecular formula is C19H27NO7. The standard InChI is InChI=1S/C19H27NO7/c1-3-20(4-2)18(24)17-16(26-17)14(23)13(22)15-12(21)10-25-19(27-15)11-8-6-5-7-9-11/h5-9,12-17,19,21-23H,3-4,10H2,1-2H3/t12-,13-,14-,15-,16+,17-,19-/m1/s1. The Morgan fingerprint density at radius 2 is 1.74 bits per heavy atom. The quantitative estimate of drug-likeness (QED) is 0.562. The maximum atomic E-state index is 12.3. The van der Waals surface area contributed by atoms with Gasteiger partial charge in [0.1, 0.15) is 30.5 Å². The number of carbonyl (C=O) groups is 1. The second-order valence-corrected chi connectivity index (χ2v) is 6.76. The van der Waals surface area contributed by atoms with E-state index in [1.54, 1.807) is 4.90 Å². The molecule has 3 rings (SSSR count). The highest BCUT2D eigenvalue weighted by molar-refractivity contribution is 5.84. The molecule has 27 heavy (non-hydrogen) atoms. The van der Waals surface area contributed by atoms with Crippen molar-refractivity contribution in [2.45, 2.75) is 56.8 Å². The zero-order valence-corrected chi connectivity index (χ0v) is 15.5. The summed E-state index contributed by atoms with van der Waals surface area (Å²) in [5.41, 5.74) is 0.744. The SMILES string of the molecule is CCN(CC)C(=O)[C@@H]1O[C@H]1[C@H](O)[C@@H](O)[C@@H]1O[C@H](c2ccccc2)OC[C@H]1O. The predicted molar refractivity (Wildman–Crippen MR) is 94.6 cm³/mol. The molecule has 0 aliphatic carbocycles. The Bertz CT molecular complexity index is 624. The lowest BCUT2D eigenvalue weighted by Crippen LogP contribution is -2.53. The van der Waals surface area contributed by atoms with Crippen LogP contribution in [-0.2, 0) is 19.0 Å². The molecular weight excluding hydrogens is 354 g/mol. The Morgan fingerprint density at radius 3 is 2.37 bits per heavy atom. The van der Waals surface area contributed by atoms with Crippen LogP contribution in [0, 0.1) is 0 Å². The monoisotopic (exact) mass is 381 g/mol. The maximum absolute atomic E-state index is 12.3. The number of amides is 1. The van der Waals surface area contributed by atoms with Crippen molar-refractivity contribution in [2.75, 3.05) is 19.7 Å². The Hall–Kier alpha value is -1.55. The van der Waals surface area contributed by atoms with Crippen molar-refractivity contribution in [3.8, 4) is 0 Å². The number of benzene rings is 1. The van der Waals surface area contributed by atoms with Crippen LogP contribution < -0.4 is 0 Å². The number of carbonyl (C=O) groups excluding carboxylic acids is 1. The predicted octanol–water partition coefficient (Wildman–Crippen LogP) is -0.181. The number of aliphatic hydroxyl groups excluding tert-OH is 3. The number of ether oxygens (including phenoxy) is 3. The normalized spacial score (nSPS) is 32.6. The van der Waals surface area contributed by atoms with Gasteiger partial charge in [0.05, 0.1) is 6.61 Å². The fraction of sp³-hybridized carbons (Fsp3) is 0.632. The zero-order chi connectivity index (χ0) is 19.6. The highest BCUT2D eigenvalue weighted by Gasteiger charge is 2.55. The summed E-state index contributed by atoms with van der Waals surface area (Å²) in [5, 5.41) is 31.2. The molecule has 2 saturated heterocycles. The van der Waals surface area contributed by atoms with E-state index >= 15 is 0 Å². The molecule has 0 saturated carbocycles. The van der Waals surface area contributed by atoms with E-state index in [2.05, 4.69) is 0 Å². The number of rotatable bonds is 7. The van der Waals surface area contributed by atoms with Crippen LogP contribution in [0.5, 0.6) is 0 Å². The molecule has 0 spiro atoms. The van der Waals surface area contributed by atoms with Gasteiger partial charge in [-0.1, -0.05) is 30.3 Å². The zero-order valence-electron chi connectivity index (χ0n) is 15.5. The molecule has 8 nitrogen and oxygen atoms in total. The van der Waals surface area contributed by atoms with E-state index in [1.807, 2.05) is 44.2 Å². The first-order valence-electron chi connectivity index (χ1n) is 9.28. The van der Waals surface area contributed by atoms with Crippen LogP contribution >= 0.6 is 0 Å². The highest BCUT2D eigenvalue weighted by Crippen LogP contribution is 2.33. The fourth-order valence-corrected chi connectivity index (χ4v) is 3.33. The number of nitrogens with zero attached hydrogens (tertiary/aromatic N) is 1. The summed E-state index contributed by atoms with van der Waals surface area (Å²) in [6, 6.07) is 9.13. The van der Waals surface area contributed by atoms with Gasteiger partial charge < -0.3 is 34.4 Å². The third kappa shape index (κ3) is 4.31. The van der Waals surface area contributed by atoms with E-state index in [4.69, 9.17) is 14.2 Å². The number of epoxide rings is 1. The van der Waals surface area contributed by atoms with Gasteiger partial charge in [0.2, 0.25) is 0 Å². The molecule has 1 aromatic carbocycles. The van der Waals surface area contributed by atoms with E-state index < -0.39 is 42.9 Å². The number of likely N-dealkylation sites (N-methyl/N-ethyl adjacent to an activating group) is 1. The second-order valence-electron chi connectivity index (χ2n) is 6.76. The molecule has 2 fully saturated rings. The molecule has 2 aliphatic heterocycles. The van der Waals surface area contributed by atoms with Gasteiger partial charge in [-0.2, -0.15) is 0 Å². The van der Waals surface area contributed by atoms with Gasteiger partial charge >= 0.3 is 0 Å². The molecule has 0 bridgehead atoms. The third-order valence-corrected chi connectivity index (χ3v) is 5.02. The summed E-state index contributed by atoms with van der Waals surface area (Å²) in [6.45, 7) is 4.77. The first-order chi connectivity index (χ1) is 13.0. The Labute approximate surface area is 158 Å². The van der Waals surface area contributed by atoms with Crippen molar-refractivity contribution >= 4 is 5.91 Å². The van der Waals surface area contributed by atoms with Crippen LogP contribution in [0.4, 0.5) is 0 Å². The number of aliphatic hydroxyl groups is 3. The van der Waals surface area contributed by atoms with Gasteiger partial charge in [-0.3, -0.25) is 4.79 Å². The summed E-state index contributed by atoms with van der Waals surface area (Å²) in [4.78, 5) is 13.9. The summed E-state index contributed by atoms with van der Waals surface area (Å²) in [7, 11) is 0. The van der Waals surface area contributed by atoms with E-state index in [9.17, 15) is 20.1 Å². The minimum Gasteiger partial charge on any atom is -0.388 e. The van der Waals surface area contributed by atoms with Gasteiger partial charge in [-0.25, -0.2) is 0 Å². The smallest absolute Gasteiger partial charge is 0.254 e. The molecule has 7 atom stereocenters. The van der Waals surface area contributed by atoms with E-state index in [1.165, 1.54) is 0 Å². The van der Waals surface area contributed by atoms with Gasteiger partial charge in [0.25, 0.3) is 5.91 Å². The van der Waals surface area contributed by atoms with Gasteiger partial charge in [0, 0.05) is 18.7 Å². The summed E-state index contributed by atoms with van der Waals surface area (Å²) >= 11 is 0. The molecule has 2 aliphatic rings. The van der Waals surface area contributed by atoms with Crippen molar-refractivity contribution in [2.24, 2.45) is 0 Å². The van der Waals surface area contributed by atoms with Crippen LogP contribution in [0.25, 0.3) is 0 Å². The summed E-state index contributed by atoms with van der Waals surface area (Å²) < 4.78 is 16.5. The summed E-state index contributed by atoms with van der Waals surface area (Å²) in [5.74, 6) is -0.216. The minimum atomic E-state index is -1.42. The van der Waals surface area contributed by atoms with Crippen molar-refractivity contribution in [1.29, 1.82) is 0 Å². The lowest BCUT2D eigenvalue weighted by Gasteiger charge is -2.37. The average molecular weight is 381 g/mol. The van der Waals surface area contributed by atoms with Crippen molar-refractivity contribution < 1.29 is 34.3 Å². The highest BCUT2D eigenvalue weighted by atomic mass is 16.7. The molecule has 0 aromatic heterocycles. The Balaban J connectivity index is 1.62. The van der Waals surface area contributed by atoms with Crippen LogP contribution in [0.3, 0.4) is 0 Å². The largest absolute Gasteiger partial charge is 0.388 e. The van der Waals surface area contributed by atoms with Crippen LogP contribution in [0.15, 0.2) is 30.3 Å². The van der Waals surface area contributed by atoms with E-state index in [-0.39, 0.29) is 12.5 Å². The van der Waals surface area contributed by atoms with Crippen molar-refractivity contribution in [3.63, 3.8) is 0 Å². The lowest BCUT2D eigenvalue weighted by molar-refractivity contribution is -0.283. The molecule has 0 radical (unpaired) electrons. The maximum Gasteiger partial charge on any atom is 0.254 e. The first kappa shape index (κ1) is 20.2.